The second kappa shape index (κ2) is 3.42. The van der Waals surface area contributed by atoms with Gasteiger partial charge < -0.3 is 4.90 Å². The summed E-state index contributed by atoms with van der Waals surface area (Å²) in [6.45, 7) is 6.41. The van der Waals surface area contributed by atoms with E-state index in [0.29, 0.717) is 6.54 Å². The summed E-state index contributed by atoms with van der Waals surface area (Å²) in [6, 6.07) is 0. The van der Waals surface area contributed by atoms with Gasteiger partial charge in [0, 0.05) is 18.4 Å². The molecule has 0 N–H and O–H groups in total. The molecular weight excluding hydrogens is 157 g/mol. The Bertz CT molecular complexity index is 171. The van der Waals surface area contributed by atoms with Gasteiger partial charge in [0.05, 0.1) is 6.54 Å². The standard InChI is InChI=1S/C9H16FNO/c1-6(2)9(12)11-4-7(3)8(10)5-11/h6-8H,4-5H2,1-3H3. The minimum absolute atomic E-state index is 0.00713. The highest BCUT2D eigenvalue weighted by molar-refractivity contribution is 5.78. The third-order valence-electron chi connectivity index (χ3n) is 2.33. The van der Waals surface area contributed by atoms with Gasteiger partial charge in [0.25, 0.3) is 0 Å². The normalized spacial score (nSPS) is 29.9. The number of rotatable bonds is 1. The molecule has 1 heterocycles. The average Bonchev–Trinajstić information content (AvgIpc) is 2.30. The number of hydrogen-bond donors (Lipinski definition) is 0. The number of halogens is 1. The summed E-state index contributed by atoms with van der Waals surface area (Å²) >= 11 is 0. The largest absolute Gasteiger partial charge is 0.339 e. The molecule has 1 amide bonds. The quantitative estimate of drug-likeness (QED) is 0.588. The van der Waals surface area contributed by atoms with E-state index in [-0.39, 0.29) is 24.3 Å². The van der Waals surface area contributed by atoms with Crippen molar-refractivity contribution in [3.63, 3.8) is 0 Å². The Labute approximate surface area is 72.7 Å². The lowest BCUT2D eigenvalue weighted by molar-refractivity contribution is -0.133. The van der Waals surface area contributed by atoms with Crippen LogP contribution in [0.2, 0.25) is 0 Å². The molecule has 0 bridgehead atoms. The molecule has 0 aromatic carbocycles. The van der Waals surface area contributed by atoms with Crippen molar-refractivity contribution in [1.82, 2.24) is 4.90 Å². The van der Waals surface area contributed by atoms with E-state index in [4.69, 9.17) is 0 Å². The molecule has 1 rings (SSSR count). The molecule has 70 valence electrons. The van der Waals surface area contributed by atoms with Crippen molar-refractivity contribution in [2.24, 2.45) is 11.8 Å². The van der Waals surface area contributed by atoms with Crippen molar-refractivity contribution >= 4 is 5.91 Å². The van der Waals surface area contributed by atoms with Gasteiger partial charge in [0.1, 0.15) is 6.17 Å². The van der Waals surface area contributed by atoms with Crippen LogP contribution in [0.15, 0.2) is 0 Å². The van der Waals surface area contributed by atoms with E-state index in [1.807, 2.05) is 20.8 Å². The molecule has 1 aliphatic heterocycles. The van der Waals surface area contributed by atoms with Crippen LogP contribution >= 0.6 is 0 Å². The van der Waals surface area contributed by atoms with Gasteiger partial charge in [0.15, 0.2) is 0 Å². The Hall–Kier alpha value is -0.600. The Kier molecular flexibility index (Phi) is 2.70. The Morgan fingerprint density at radius 2 is 2.08 bits per heavy atom. The van der Waals surface area contributed by atoms with E-state index in [1.165, 1.54) is 0 Å². The van der Waals surface area contributed by atoms with Gasteiger partial charge in [-0.1, -0.05) is 20.8 Å². The third kappa shape index (κ3) is 1.76. The van der Waals surface area contributed by atoms with E-state index < -0.39 is 6.17 Å². The molecule has 3 heteroatoms. The lowest BCUT2D eigenvalue weighted by Crippen LogP contribution is -2.32. The zero-order valence-electron chi connectivity index (χ0n) is 7.88. The molecule has 12 heavy (non-hydrogen) atoms. The van der Waals surface area contributed by atoms with E-state index >= 15 is 0 Å². The summed E-state index contributed by atoms with van der Waals surface area (Å²) in [5.74, 6) is 0.0669. The number of carbonyl (C=O) groups is 1. The van der Waals surface area contributed by atoms with Crippen LogP contribution < -0.4 is 0 Å². The van der Waals surface area contributed by atoms with Gasteiger partial charge in [-0.3, -0.25) is 4.79 Å². The highest BCUT2D eigenvalue weighted by Crippen LogP contribution is 2.20. The lowest BCUT2D eigenvalue weighted by atomic mass is 10.1. The second-order valence-electron chi connectivity index (χ2n) is 3.89. The molecule has 0 spiro atoms. The predicted molar refractivity (Wildman–Crippen MR) is 45.5 cm³/mol. The minimum atomic E-state index is -0.826. The summed E-state index contributed by atoms with van der Waals surface area (Å²) in [6.07, 6.45) is -0.826. The molecule has 0 aliphatic carbocycles. The summed E-state index contributed by atoms with van der Waals surface area (Å²) < 4.78 is 13.0. The van der Waals surface area contributed by atoms with Crippen LogP contribution in [0.3, 0.4) is 0 Å². The first-order chi connectivity index (χ1) is 5.52. The van der Waals surface area contributed by atoms with Crippen molar-refractivity contribution in [3.8, 4) is 0 Å². The minimum Gasteiger partial charge on any atom is -0.339 e. The van der Waals surface area contributed by atoms with E-state index in [2.05, 4.69) is 0 Å². The average molecular weight is 173 g/mol. The summed E-state index contributed by atoms with van der Waals surface area (Å²) in [4.78, 5) is 13.0. The fourth-order valence-electron chi connectivity index (χ4n) is 1.47. The van der Waals surface area contributed by atoms with Gasteiger partial charge in [-0.2, -0.15) is 0 Å². The zero-order valence-corrected chi connectivity index (χ0v) is 7.88. The monoisotopic (exact) mass is 173 g/mol. The number of alkyl halides is 1. The Morgan fingerprint density at radius 3 is 2.42 bits per heavy atom. The first-order valence-corrected chi connectivity index (χ1v) is 4.45. The number of carbonyl (C=O) groups excluding carboxylic acids is 1. The molecule has 1 fully saturated rings. The maximum Gasteiger partial charge on any atom is 0.225 e. The number of likely N-dealkylation sites (tertiary alicyclic amines) is 1. The van der Waals surface area contributed by atoms with Gasteiger partial charge in [-0.05, 0) is 0 Å². The van der Waals surface area contributed by atoms with Gasteiger partial charge >= 0.3 is 0 Å². The van der Waals surface area contributed by atoms with E-state index in [1.54, 1.807) is 4.90 Å². The molecule has 0 saturated carbocycles. The predicted octanol–water partition coefficient (Wildman–Crippen LogP) is 1.46. The molecule has 1 aliphatic rings. The van der Waals surface area contributed by atoms with Crippen LogP contribution in [0.5, 0.6) is 0 Å². The van der Waals surface area contributed by atoms with Crippen LogP contribution in [0.4, 0.5) is 4.39 Å². The molecular formula is C9H16FNO. The summed E-state index contributed by atoms with van der Waals surface area (Å²) in [5, 5.41) is 0. The first-order valence-electron chi connectivity index (χ1n) is 4.45. The fourth-order valence-corrected chi connectivity index (χ4v) is 1.47. The van der Waals surface area contributed by atoms with E-state index in [9.17, 15) is 9.18 Å². The first kappa shape index (κ1) is 9.49. The van der Waals surface area contributed by atoms with Gasteiger partial charge in [0.2, 0.25) is 5.91 Å². The van der Waals surface area contributed by atoms with Gasteiger partial charge in [-0.25, -0.2) is 4.39 Å². The van der Waals surface area contributed by atoms with Crippen molar-refractivity contribution in [3.05, 3.63) is 0 Å². The zero-order chi connectivity index (χ0) is 9.30. The van der Waals surface area contributed by atoms with Crippen molar-refractivity contribution < 1.29 is 9.18 Å². The number of nitrogens with zero attached hydrogens (tertiary/aromatic N) is 1. The smallest absolute Gasteiger partial charge is 0.225 e. The van der Waals surface area contributed by atoms with Crippen molar-refractivity contribution in [2.45, 2.75) is 26.9 Å². The molecule has 0 radical (unpaired) electrons. The Morgan fingerprint density at radius 1 is 1.50 bits per heavy atom. The lowest BCUT2D eigenvalue weighted by Gasteiger charge is -2.17. The topological polar surface area (TPSA) is 20.3 Å². The molecule has 1 saturated heterocycles. The van der Waals surface area contributed by atoms with Crippen LogP contribution in [0, 0.1) is 11.8 Å². The highest BCUT2D eigenvalue weighted by Gasteiger charge is 2.32. The Balaban J connectivity index is 2.52. The SMILES string of the molecule is CC(C)C(=O)N1CC(C)C(F)C1. The number of hydrogen-bond acceptors (Lipinski definition) is 1. The molecule has 0 aromatic rings. The molecule has 2 nitrogen and oxygen atoms in total. The van der Waals surface area contributed by atoms with E-state index in [0.717, 1.165) is 0 Å². The molecule has 2 unspecified atom stereocenters. The van der Waals surface area contributed by atoms with Crippen molar-refractivity contribution in [2.75, 3.05) is 13.1 Å². The van der Waals surface area contributed by atoms with Crippen LogP contribution in [0.25, 0.3) is 0 Å². The summed E-state index contributed by atoms with van der Waals surface area (Å²) in [5.41, 5.74) is 0. The maximum atomic E-state index is 13.0. The van der Waals surface area contributed by atoms with Crippen LogP contribution in [0.1, 0.15) is 20.8 Å². The second-order valence-corrected chi connectivity index (χ2v) is 3.89. The van der Waals surface area contributed by atoms with Crippen LogP contribution in [-0.4, -0.2) is 30.1 Å². The van der Waals surface area contributed by atoms with Crippen molar-refractivity contribution in [1.29, 1.82) is 0 Å². The third-order valence-corrected chi connectivity index (χ3v) is 2.33. The number of amides is 1. The molecule has 0 aromatic heterocycles. The van der Waals surface area contributed by atoms with Crippen LogP contribution in [-0.2, 0) is 4.79 Å². The maximum absolute atomic E-state index is 13.0. The summed E-state index contributed by atoms with van der Waals surface area (Å²) in [7, 11) is 0. The highest BCUT2D eigenvalue weighted by atomic mass is 19.1. The van der Waals surface area contributed by atoms with Gasteiger partial charge in [-0.15, -0.1) is 0 Å². The fraction of sp³-hybridized carbons (Fsp3) is 0.889. The molecule has 2 atom stereocenters.